The second-order valence-electron chi connectivity index (χ2n) is 2.61. The van der Waals surface area contributed by atoms with Crippen molar-refractivity contribution in [2.45, 2.75) is 38.4 Å². The Kier molecular flexibility index (Phi) is 2.46. The molecule has 0 saturated heterocycles. The first-order chi connectivity index (χ1) is 4.34. The third-order valence-corrected chi connectivity index (χ3v) is 1.90. The van der Waals surface area contributed by atoms with E-state index < -0.39 is 6.17 Å². The van der Waals surface area contributed by atoms with Crippen molar-refractivity contribution < 1.29 is 4.39 Å². The van der Waals surface area contributed by atoms with Crippen molar-refractivity contribution in [2.75, 3.05) is 6.54 Å². The number of alkyl halides is 1. The largest absolute Gasteiger partial charge is 0.311 e. The third-order valence-electron chi connectivity index (χ3n) is 1.90. The van der Waals surface area contributed by atoms with Gasteiger partial charge in [-0.25, -0.2) is 4.39 Å². The Morgan fingerprint density at radius 2 is 2.33 bits per heavy atom. The van der Waals surface area contributed by atoms with Crippen molar-refractivity contribution in [3.63, 3.8) is 0 Å². The van der Waals surface area contributed by atoms with Crippen molar-refractivity contribution in [1.29, 1.82) is 0 Å². The van der Waals surface area contributed by atoms with Crippen LogP contribution in [-0.4, -0.2) is 18.8 Å². The van der Waals surface area contributed by atoms with Gasteiger partial charge in [-0.2, -0.15) is 0 Å². The average Bonchev–Trinajstić information content (AvgIpc) is 2.18. The zero-order valence-electron chi connectivity index (χ0n) is 5.86. The highest BCUT2D eigenvalue weighted by Gasteiger charge is 2.25. The molecular formula is C7H14FN. The SMILES string of the molecule is CCN[C@H]1CCC[C@@H]1F. The second kappa shape index (κ2) is 3.16. The van der Waals surface area contributed by atoms with Crippen LogP contribution in [0.5, 0.6) is 0 Å². The first-order valence-electron chi connectivity index (χ1n) is 3.72. The molecule has 0 bridgehead atoms. The molecule has 0 aromatic carbocycles. The number of nitrogens with one attached hydrogen (secondary N) is 1. The Labute approximate surface area is 55.6 Å². The predicted molar refractivity (Wildman–Crippen MR) is 36.2 cm³/mol. The molecule has 1 saturated carbocycles. The summed E-state index contributed by atoms with van der Waals surface area (Å²) in [4.78, 5) is 0. The molecule has 2 heteroatoms. The van der Waals surface area contributed by atoms with Gasteiger partial charge in [0, 0.05) is 6.04 Å². The highest BCUT2D eigenvalue weighted by atomic mass is 19.1. The van der Waals surface area contributed by atoms with Gasteiger partial charge in [0.05, 0.1) is 0 Å². The Bertz CT molecular complexity index is 85.0. The van der Waals surface area contributed by atoms with E-state index in [2.05, 4.69) is 5.32 Å². The summed E-state index contributed by atoms with van der Waals surface area (Å²) in [5, 5.41) is 3.12. The molecule has 1 fully saturated rings. The molecule has 1 N–H and O–H groups in total. The van der Waals surface area contributed by atoms with Crippen LogP contribution in [0.1, 0.15) is 26.2 Å². The number of halogens is 1. The normalized spacial score (nSPS) is 35.3. The highest BCUT2D eigenvalue weighted by molar-refractivity contribution is 4.82. The summed E-state index contributed by atoms with van der Waals surface area (Å²) in [7, 11) is 0. The van der Waals surface area contributed by atoms with Gasteiger partial charge in [0.2, 0.25) is 0 Å². The zero-order valence-corrected chi connectivity index (χ0v) is 5.86. The summed E-state index contributed by atoms with van der Waals surface area (Å²) >= 11 is 0. The lowest BCUT2D eigenvalue weighted by molar-refractivity contribution is 0.283. The summed E-state index contributed by atoms with van der Waals surface area (Å²) in [6.07, 6.45) is 2.26. The molecule has 0 aromatic rings. The molecule has 0 amide bonds. The fourth-order valence-electron chi connectivity index (χ4n) is 1.41. The molecular weight excluding hydrogens is 117 g/mol. The van der Waals surface area contributed by atoms with E-state index in [-0.39, 0.29) is 6.04 Å². The average molecular weight is 131 g/mol. The second-order valence-corrected chi connectivity index (χ2v) is 2.61. The summed E-state index contributed by atoms with van der Waals surface area (Å²) in [6.45, 7) is 2.91. The van der Waals surface area contributed by atoms with Crippen molar-refractivity contribution in [3.05, 3.63) is 0 Å². The van der Waals surface area contributed by atoms with Gasteiger partial charge in [-0.3, -0.25) is 0 Å². The van der Waals surface area contributed by atoms with Gasteiger partial charge in [0.25, 0.3) is 0 Å². The van der Waals surface area contributed by atoms with E-state index in [1.807, 2.05) is 6.92 Å². The number of hydrogen-bond acceptors (Lipinski definition) is 1. The zero-order chi connectivity index (χ0) is 6.69. The van der Waals surface area contributed by atoms with Crippen LogP contribution in [0.25, 0.3) is 0 Å². The third kappa shape index (κ3) is 1.65. The lowest BCUT2D eigenvalue weighted by Gasteiger charge is -2.11. The van der Waals surface area contributed by atoms with Gasteiger partial charge < -0.3 is 5.32 Å². The first-order valence-corrected chi connectivity index (χ1v) is 3.72. The minimum absolute atomic E-state index is 0.162. The molecule has 1 nitrogen and oxygen atoms in total. The van der Waals surface area contributed by atoms with Crippen LogP contribution in [-0.2, 0) is 0 Å². The summed E-state index contributed by atoms with van der Waals surface area (Å²) < 4.78 is 12.7. The van der Waals surface area contributed by atoms with Gasteiger partial charge in [-0.1, -0.05) is 6.92 Å². The van der Waals surface area contributed by atoms with E-state index >= 15 is 0 Å². The van der Waals surface area contributed by atoms with E-state index in [1.165, 1.54) is 0 Å². The molecule has 9 heavy (non-hydrogen) atoms. The van der Waals surface area contributed by atoms with Crippen molar-refractivity contribution in [3.8, 4) is 0 Å². The molecule has 0 spiro atoms. The van der Waals surface area contributed by atoms with Gasteiger partial charge in [0.1, 0.15) is 6.17 Å². The summed E-state index contributed by atoms with van der Waals surface area (Å²) in [5.74, 6) is 0. The van der Waals surface area contributed by atoms with E-state index in [4.69, 9.17) is 0 Å². The molecule has 0 aromatic heterocycles. The minimum Gasteiger partial charge on any atom is -0.311 e. The van der Waals surface area contributed by atoms with E-state index in [0.29, 0.717) is 0 Å². The Morgan fingerprint density at radius 1 is 1.56 bits per heavy atom. The van der Waals surface area contributed by atoms with Gasteiger partial charge in [-0.15, -0.1) is 0 Å². The van der Waals surface area contributed by atoms with Crippen LogP contribution in [0.2, 0.25) is 0 Å². The maximum Gasteiger partial charge on any atom is 0.115 e. The minimum atomic E-state index is -0.579. The van der Waals surface area contributed by atoms with Crippen LogP contribution >= 0.6 is 0 Å². The smallest absolute Gasteiger partial charge is 0.115 e. The molecule has 54 valence electrons. The number of hydrogen-bond donors (Lipinski definition) is 1. The highest BCUT2D eigenvalue weighted by Crippen LogP contribution is 2.21. The topological polar surface area (TPSA) is 12.0 Å². The van der Waals surface area contributed by atoms with E-state index in [1.54, 1.807) is 0 Å². The van der Waals surface area contributed by atoms with Gasteiger partial charge >= 0.3 is 0 Å². The fourth-order valence-corrected chi connectivity index (χ4v) is 1.41. The Morgan fingerprint density at radius 3 is 2.78 bits per heavy atom. The van der Waals surface area contributed by atoms with Crippen molar-refractivity contribution >= 4 is 0 Å². The number of rotatable bonds is 2. The monoisotopic (exact) mass is 131 g/mol. The van der Waals surface area contributed by atoms with Crippen LogP contribution < -0.4 is 5.32 Å². The molecule has 0 aliphatic heterocycles. The van der Waals surface area contributed by atoms with Gasteiger partial charge in [0.15, 0.2) is 0 Å². The maximum absolute atomic E-state index is 12.7. The molecule has 1 rings (SSSR count). The molecule has 0 radical (unpaired) electrons. The molecule has 2 atom stereocenters. The fraction of sp³-hybridized carbons (Fsp3) is 1.00. The lowest BCUT2D eigenvalue weighted by Crippen LogP contribution is -2.32. The van der Waals surface area contributed by atoms with E-state index in [9.17, 15) is 4.39 Å². The van der Waals surface area contributed by atoms with Crippen LogP contribution in [0.4, 0.5) is 4.39 Å². The Hall–Kier alpha value is -0.110. The molecule has 0 heterocycles. The molecule has 0 unspecified atom stereocenters. The van der Waals surface area contributed by atoms with Crippen molar-refractivity contribution in [2.24, 2.45) is 0 Å². The summed E-state index contributed by atoms with van der Waals surface area (Å²) in [6, 6.07) is 0.162. The predicted octanol–water partition coefficient (Wildman–Crippen LogP) is 1.49. The molecule has 1 aliphatic rings. The summed E-state index contributed by atoms with van der Waals surface area (Å²) in [5.41, 5.74) is 0. The standard InChI is InChI=1S/C7H14FN/c1-2-9-7-5-3-4-6(7)8/h6-7,9H,2-5H2,1H3/t6-,7-/m0/s1. The van der Waals surface area contributed by atoms with Crippen LogP contribution in [0.3, 0.4) is 0 Å². The van der Waals surface area contributed by atoms with Crippen LogP contribution in [0, 0.1) is 0 Å². The Balaban J connectivity index is 2.22. The maximum atomic E-state index is 12.7. The van der Waals surface area contributed by atoms with Gasteiger partial charge in [-0.05, 0) is 25.8 Å². The van der Waals surface area contributed by atoms with E-state index in [0.717, 1.165) is 25.8 Å². The lowest BCUT2D eigenvalue weighted by atomic mass is 10.2. The quantitative estimate of drug-likeness (QED) is 0.598. The van der Waals surface area contributed by atoms with Crippen molar-refractivity contribution in [1.82, 2.24) is 5.32 Å². The first kappa shape index (κ1) is 7.00. The van der Waals surface area contributed by atoms with Crippen LogP contribution in [0.15, 0.2) is 0 Å². The molecule has 1 aliphatic carbocycles.